The highest BCUT2D eigenvalue weighted by molar-refractivity contribution is 5.86. The number of benzene rings is 1. The van der Waals surface area contributed by atoms with Crippen LogP contribution in [-0.2, 0) is 4.74 Å². The van der Waals surface area contributed by atoms with Crippen molar-refractivity contribution in [3.05, 3.63) is 47.9 Å². The Bertz CT molecular complexity index is 618. The average Bonchev–Trinajstić information content (AvgIpc) is 2.96. The van der Waals surface area contributed by atoms with Gasteiger partial charge >= 0.3 is 5.97 Å². The van der Waals surface area contributed by atoms with Gasteiger partial charge in [-0.05, 0) is 31.2 Å². The van der Waals surface area contributed by atoms with Gasteiger partial charge in [0.2, 0.25) is 5.76 Å². The van der Waals surface area contributed by atoms with E-state index in [0.717, 1.165) is 11.4 Å². The van der Waals surface area contributed by atoms with Crippen molar-refractivity contribution in [3.8, 4) is 5.75 Å². The lowest BCUT2D eigenvalue weighted by atomic mass is 10.2. The largest absolute Gasteiger partial charge is 0.483 e. The van der Waals surface area contributed by atoms with Crippen LogP contribution in [0.25, 0.3) is 0 Å². The van der Waals surface area contributed by atoms with E-state index in [4.69, 9.17) is 9.15 Å². The maximum absolute atomic E-state index is 11.4. The second kappa shape index (κ2) is 6.35. The summed E-state index contributed by atoms with van der Waals surface area (Å²) in [5.74, 6) is 0.989. The van der Waals surface area contributed by atoms with E-state index in [-0.39, 0.29) is 11.9 Å². The molecule has 112 valence electrons. The number of esters is 1. The molecule has 0 fully saturated rings. The molecule has 0 bridgehead atoms. The van der Waals surface area contributed by atoms with Crippen molar-refractivity contribution < 1.29 is 18.7 Å². The molecule has 5 heteroatoms. The van der Waals surface area contributed by atoms with E-state index in [1.54, 1.807) is 12.1 Å². The number of methoxy groups -OCH3 is 1. The first-order valence-corrected chi connectivity index (χ1v) is 6.63. The second-order valence-electron chi connectivity index (χ2n) is 4.85. The van der Waals surface area contributed by atoms with Crippen LogP contribution < -0.4 is 9.64 Å². The SMILES string of the molecule is COC(=O)c1ccc(C(C)Oc2cccc(N(C)C)c2)o1. The molecular weight excluding hydrogens is 270 g/mol. The molecule has 2 rings (SSSR count). The van der Waals surface area contributed by atoms with Crippen molar-refractivity contribution >= 4 is 11.7 Å². The summed E-state index contributed by atoms with van der Waals surface area (Å²) in [7, 11) is 5.26. The monoisotopic (exact) mass is 289 g/mol. The fraction of sp³-hybridized carbons (Fsp3) is 0.312. The second-order valence-corrected chi connectivity index (χ2v) is 4.85. The summed E-state index contributed by atoms with van der Waals surface area (Å²) in [5.41, 5.74) is 1.05. The van der Waals surface area contributed by atoms with E-state index in [1.807, 2.05) is 50.2 Å². The average molecular weight is 289 g/mol. The molecule has 0 saturated carbocycles. The van der Waals surface area contributed by atoms with Crippen molar-refractivity contribution in [1.29, 1.82) is 0 Å². The zero-order valence-electron chi connectivity index (χ0n) is 12.6. The summed E-state index contributed by atoms with van der Waals surface area (Å²) in [6.45, 7) is 1.86. The minimum absolute atomic E-state index is 0.171. The third kappa shape index (κ3) is 3.56. The molecule has 1 atom stereocenters. The fourth-order valence-electron chi connectivity index (χ4n) is 1.88. The Morgan fingerprint density at radius 3 is 2.67 bits per heavy atom. The van der Waals surface area contributed by atoms with Crippen LogP contribution in [0.2, 0.25) is 0 Å². The Morgan fingerprint density at radius 2 is 2.00 bits per heavy atom. The van der Waals surface area contributed by atoms with E-state index in [1.165, 1.54) is 7.11 Å². The number of rotatable bonds is 5. The number of carbonyl (C=O) groups is 1. The first-order chi connectivity index (χ1) is 10.0. The lowest BCUT2D eigenvalue weighted by Crippen LogP contribution is -2.09. The Kier molecular flexibility index (Phi) is 4.52. The van der Waals surface area contributed by atoms with Crippen LogP contribution in [0.4, 0.5) is 5.69 Å². The van der Waals surface area contributed by atoms with Gasteiger partial charge in [-0.2, -0.15) is 0 Å². The van der Waals surface area contributed by atoms with E-state index in [2.05, 4.69) is 4.74 Å². The number of nitrogens with zero attached hydrogens (tertiary/aromatic N) is 1. The molecule has 0 aliphatic heterocycles. The highest BCUT2D eigenvalue weighted by atomic mass is 16.5. The molecule has 0 amide bonds. The Balaban J connectivity index is 2.10. The molecule has 0 spiro atoms. The number of ether oxygens (including phenoxy) is 2. The molecule has 1 aromatic heterocycles. The standard InChI is InChI=1S/C16H19NO4/c1-11(14-8-9-15(21-14)16(18)19-4)20-13-7-5-6-12(10-13)17(2)3/h5-11H,1-4H3. The fourth-order valence-corrected chi connectivity index (χ4v) is 1.88. The maximum Gasteiger partial charge on any atom is 0.373 e. The molecular formula is C16H19NO4. The summed E-state index contributed by atoms with van der Waals surface area (Å²) < 4.78 is 15.9. The van der Waals surface area contributed by atoms with Crippen LogP contribution in [-0.4, -0.2) is 27.2 Å². The van der Waals surface area contributed by atoms with Crippen molar-refractivity contribution in [2.45, 2.75) is 13.0 Å². The molecule has 0 aliphatic carbocycles. The van der Waals surface area contributed by atoms with Gasteiger partial charge in [-0.25, -0.2) is 4.79 Å². The number of hydrogen-bond acceptors (Lipinski definition) is 5. The van der Waals surface area contributed by atoms with Crippen LogP contribution >= 0.6 is 0 Å². The van der Waals surface area contributed by atoms with Gasteiger partial charge in [-0.3, -0.25) is 0 Å². The molecule has 0 saturated heterocycles. The minimum Gasteiger partial charge on any atom is -0.483 e. The molecule has 1 heterocycles. The Morgan fingerprint density at radius 1 is 1.24 bits per heavy atom. The van der Waals surface area contributed by atoms with Crippen LogP contribution in [0.15, 0.2) is 40.8 Å². The lowest BCUT2D eigenvalue weighted by Gasteiger charge is -2.16. The highest BCUT2D eigenvalue weighted by Gasteiger charge is 2.16. The highest BCUT2D eigenvalue weighted by Crippen LogP contribution is 2.26. The van der Waals surface area contributed by atoms with E-state index in [0.29, 0.717) is 5.76 Å². The van der Waals surface area contributed by atoms with Crippen molar-refractivity contribution in [3.63, 3.8) is 0 Å². The number of anilines is 1. The topological polar surface area (TPSA) is 51.9 Å². The number of carbonyl (C=O) groups excluding carboxylic acids is 1. The third-order valence-electron chi connectivity index (χ3n) is 3.06. The van der Waals surface area contributed by atoms with E-state index >= 15 is 0 Å². The summed E-state index contributed by atoms with van der Waals surface area (Å²) in [5, 5.41) is 0. The predicted octanol–water partition coefficient (Wildman–Crippen LogP) is 3.27. The van der Waals surface area contributed by atoms with Crippen molar-refractivity contribution in [2.75, 3.05) is 26.1 Å². The quantitative estimate of drug-likeness (QED) is 0.791. The van der Waals surface area contributed by atoms with Crippen molar-refractivity contribution in [1.82, 2.24) is 0 Å². The molecule has 1 unspecified atom stereocenters. The van der Waals surface area contributed by atoms with Gasteiger partial charge in [-0.15, -0.1) is 0 Å². The molecule has 1 aromatic carbocycles. The number of furan rings is 1. The first kappa shape index (κ1) is 15.0. The summed E-state index contributed by atoms with van der Waals surface area (Å²) in [6.07, 6.45) is -0.305. The Hall–Kier alpha value is -2.43. The summed E-state index contributed by atoms with van der Waals surface area (Å²) in [4.78, 5) is 13.4. The van der Waals surface area contributed by atoms with E-state index in [9.17, 15) is 4.79 Å². The van der Waals surface area contributed by atoms with Crippen LogP contribution in [0.5, 0.6) is 5.75 Å². The summed E-state index contributed by atoms with van der Waals surface area (Å²) >= 11 is 0. The molecule has 2 aromatic rings. The van der Waals surface area contributed by atoms with Gasteiger partial charge in [0, 0.05) is 25.8 Å². The smallest absolute Gasteiger partial charge is 0.373 e. The third-order valence-corrected chi connectivity index (χ3v) is 3.06. The zero-order valence-corrected chi connectivity index (χ0v) is 12.6. The maximum atomic E-state index is 11.4. The molecule has 0 radical (unpaired) electrons. The van der Waals surface area contributed by atoms with Crippen LogP contribution in [0.1, 0.15) is 29.3 Å². The van der Waals surface area contributed by atoms with Gasteiger partial charge in [0.15, 0.2) is 6.10 Å². The van der Waals surface area contributed by atoms with E-state index < -0.39 is 5.97 Å². The molecule has 5 nitrogen and oxygen atoms in total. The van der Waals surface area contributed by atoms with Gasteiger partial charge in [-0.1, -0.05) is 6.07 Å². The Labute approximate surface area is 124 Å². The van der Waals surface area contributed by atoms with Gasteiger partial charge < -0.3 is 18.8 Å². The minimum atomic E-state index is -0.497. The van der Waals surface area contributed by atoms with Gasteiger partial charge in [0.05, 0.1) is 7.11 Å². The first-order valence-electron chi connectivity index (χ1n) is 6.63. The normalized spacial score (nSPS) is 11.8. The predicted molar refractivity (Wildman–Crippen MR) is 79.9 cm³/mol. The molecule has 0 N–H and O–H groups in total. The van der Waals surface area contributed by atoms with Gasteiger partial charge in [0.25, 0.3) is 0 Å². The molecule has 21 heavy (non-hydrogen) atoms. The van der Waals surface area contributed by atoms with Crippen LogP contribution in [0.3, 0.4) is 0 Å². The lowest BCUT2D eigenvalue weighted by molar-refractivity contribution is 0.0558. The van der Waals surface area contributed by atoms with Crippen LogP contribution in [0, 0.1) is 0 Å². The molecule has 0 aliphatic rings. The van der Waals surface area contributed by atoms with Crippen molar-refractivity contribution in [2.24, 2.45) is 0 Å². The van der Waals surface area contributed by atoms with Gasteiger partial charge in [0.1, 0.15) is 11.5 Å². The number of hydrogen-bond donors (Lipinski definition) is 0. The zero-order chi connectivity index (χ0) is 15.4. The summed E-state index contributed by atoms with van der Waals surface area (Å²) in [6, 6.07) is 11.1.